The third-order valence-corrected chi connectivity index (χ3v) is 6.87. The SMILES string of the molecule is CCOC(=O)C1CCN(C(=O)CSc2nc3ccccc3c(=O)n2-c2ccc(OCC)cc2)CC1. The molecular formula is C26H29N3O5S. The predicted octanol–water partition coefficient (Wildman–Crippen LogP) is 3.68. The van der Waals surface area contributed by atoms with E-state index in [-0.39, 0.29) is 29.1 Å². The van der Waals surface area contributed by atoms with E-state index in [9.17, 15) is 14.4 Å². The summed E-state index contributed by atoms with van der Waals surface area (Å²) >= 11 is 1.24. The number of amides is 1. The molecule has 3 aromatic rings. The molecule has 0 unspecified atom stereocenters. The number of likely N-dealkylation sites (tertiary alicyclic amines) is 1. The van der Waals surface area contributed by atoms with Gasteiger partial charge in [0, 0.05) is 13.1 Å². The van der Waals surface area contributed by atoms with Crippen molar-refractivity contribution in [2.75, 3.05) is 32.1 Å². The van der Waals surface area contributed by atoms with E-state index in [1.165, 1.54) is 11.8 Å². The minimum Gasteiger partial charge on any atom is -0.494 e. The molecule has 0 atom stereocenters. The zero-order valence-electron chi connectivity index (χ0n) is 19.9. The number of aromatic nitrogens is 2. The van der Waals surface area contributed by atoms with Crippen LogP contribution in [-0.2, 0) is 14.3 Å². The molecule has 2 heterocycles. The summed E-state index contributed by atoms with van der Waals surface area (Å²) in [4.78, 5) is 44.8. The largest absolute Gasteiger partial charge is 0.494 e. The molecule has 0 aliphatic carbocycles. The van der Waals surface area contributed by atoms with Crippen LogP contribution in [0.5, 0.6) is 5.75 Å². The summed E-state index contributed by atoms with van der Waals surface area (Å²) < 4.78 is 12.2. The maximum atomic E-state index is 13.4. The molecular weight excluding hydrogens is 466 g/mol. The number of carbonyl (C=O) groups is 2. The van der Waals surface area contributed by atoms with E-state index in [0.29, 0.717) is 66.6 Å². The number of benzene rings is 2. The molecule has 1 amide bonds. The summed E-state index contributed by atoms with van der Waals surface area (Å²) in [5, 5.41) is 0.964. The van der Waals surface area contributed by atoms with Crippen LogP contribution in [0.3, 0.4) is 0 Å². The van der Waals surface area contributed by atoms with Gasteiger partial charge in [-0.1, -0.05) is 23.9 Å². The number of ether oxygens (including phenoxy) is 2. The lowest BCUT2D eigenvalue weighted by atomic mass is 9.97. The van der Waals surface area contributed by atoms with Gasteiger partial charge in [0.15, 0.2) is 5.16 Å². The van der Waals surface area contributed by atoms with Crippen LogP contribution in [0.1, 0.15) is 26.7 Å². The molecule has 0 saturated carbocycles. The van der Waals surface area contributed by atoms with E-state index in [0.717, 1.165) is 0 Å². The van der Waals surface area contributed by atoms with Crippen molar-refractivity contribution >= 4 is 34.5 Å². The predicted molar refractivity (Wildman–Crippen MR) is 135 cm³/mol. The maximum Gasteiger partial charge on any atom is 0.309 e. The zero-order chi connectivity index (χ0) is 24.8. The number of piperidine rings is 1. The molecule has 184 valence electrons. The van der Waals surface area contributed by atoms with Gasteiger partial charge in [-0.25, -0.2) is 4.98 Å². The van der Waals surface area contributed by atoms with E-state index in [1.807, 2.05) is 43.3 Å². The first-order chi connectivity index (χ1) is 17.0. The van der Waals surface area contributed by atoms with Crippen LogP contribution in [0.25, 0.3) is 16.6 Å². The molecule has 0 spiro atoms. The van der Waals surface area contributed by atoms with E-state index in [1.54, 1.807) is 28.5 Å². The highest BCUT2D eigenvalue weighted by atomic mass is 32.2. The molecule has 9 heteroatoms. The molecule has 35 heavy (non-hydrogen) atoms. The first kappa shape index (κ1) is 24.8. The fourth-order valence-corrected chi connectivity index (χ4v) is 5.05. The Balaban J connectivity index is 1.54. The summed E-state index contributed by atoms with van der Waals surface area (Å²) in [6.45, 7) is 5.65. The smallest absolute Gasteiger partial charge is 0.309 e. The second kappa shape index (κ2) is 11.4. The number of nitrogens with zero attached hydrogens (tertiary/aromatic N) is 3. The average molecular weight is 496 g/mol. The van der Waals surface area contributed by atoms with Crippen molar-refractivity contribution < 1.29 is 19.1 Å². The Morgan fingerprint density at radius 2 is 1.74 bits per heavy atom. The number of fused-ring (bicyclic) bond motifs is 1. The molecule has 8 nitrogen and oxygen atoms in total. The van der Waals surface area contributed by atoms with E-state index in [4.69, 9.17) is 14.5 Å². The zero-order valence-corrected chi connectivity index (χ0v) is 20.8. The van der Waals surface area contributed by atoms with Crippen LogP contribution in [0, 0.1) is 5.92 Å². The molecule has 2 aromatic carbocycles. The summed E-state index contributed by atoms with van der Waals surface area (Å²) in [7, 11) is 0. The quantitative estimate of drug-likeness (QED) is 0.267. The van der Waals surface area contributed by atoms with Crippen LogP contribution < -0.4 is 10.3 Å². The van der Waals surface area contributed by atoms with Crippen molar-refractivity contribution in [3.8, 4) is 11.4 Å². The summed E-state index contributed by atoms with van der Waals surface area (Å²) in [5.74, 6) is 0.477. The van der Waals surface area contributed by atoms with Gasteiger partial charge in [0.1, 0.15) is 5.75 Å². The number of esters is 1. The molecule has 1 aliphatic rings. The molecule has 0 radical (unpaired) electrons. The molecule has 0 bridgehead atoms. The number of para-hydroxylation sites is 1. The Hall–Kier alpha value is -3.33. The van der Waals surface area contributed by atoms with Crippen molar-refractivity contribution in [2.45, 2.75) is 31.8 Å². The monoisotopic (exact) mass is 495 g/mol. The lowest BCUT2D eigenvalue weighted by molar-refractivity contribution is -0.151. The van der Waals surface area contributed by atoms with Gasteiger partial charge in [-0.2, -0.15) is 0 Å². The summed E-state index contributed by atoms with van der Waals surface area (Å²) in [6.07, 6.45) is 1.20. The average Bonchev–Trinajstić information content (AvgIpc) is 2.88. The van der Waals surface area contributed by atoms with Gasteiger partial charge in [-0.3, -0.25) is 19.0 Å². The Labute approximate surface area is 208 Å². The van der Waals surface area contributed by atoms with Crippen LogP contribution >= 0.6 is 11.8 Å². The van der Waals surface area contributed by atoms with Gasteiger partial charge in [0.05, 0.1) is 41.5 Å². The molecule has 1 saturated heterocycles. The number of rotatable bonds is 8. The number of hydrogen-bond donors (Lipinski definition) is 0. The van der Waals surface area contributed by atoms with E-state index >= 15 is 0 Å². The first-order valence-electron chi connectivity index (χ1n) is 11.8. The van der Waals surface area contributed by atoms with Crippen molar-refractivity contribution in [1.29, 1.82) is 0 Å². The first-order valence-corrected chi connectivity index (χ1v) is 12.8. The topological polar surface area (TPSA) is 90.7 Å². The molecule has 1 fully saturated rings. The van der Waals surface area contributed by atoms with Gasteiger partial charge < -0.3 is 14.4 Å². The standard InChI is InChI=1S/C26H29N3O5S/c1-3-33-20-11-9-19(10-12-20)29-24(31)21-7-5-6-8-22(21)27-26(29)35-17-23(30)28-15-13-18(14-16-28)25(32)34-4-2/h5-12,18H,3-4,13-17H2,1-2H3. The highest BCUT2D eigenvalue weighted by Gasteiger charge is 2.28. The van der Waals surface area contributed by atoms with Crippen LogP contribution in [0.15, 0.2) is 58.5 Å². The number of carbonyl (C=O) groups excluding carboxylic acids is 2. The van der Waals surface area contributed by atoms with Crippen molar-refractivity contribution in [1.82, 2.24) is 14.5 Å². The minimum absolute atomic E-state index is 0.0436. The fourth-order valence-electron chi connectivity index (χ4n) is 4.14. The maximum absolute atomic E-state index is 13.4. The highest BCUT2D eigenvalue weighted by Crippen LogP contribution is 2.25. The fraction of sp³-hybridized carbons (Fsp3) is 0.385. The van der Waals surface area contributed by atoms with Crippen LogP contribution in [-0.4, -0.2) is 58.4 Å². The van der Waals surface area contributed by atoms with Gasteiger partial charge in [-0.05, 0) is 63.1 Å². The Bertz CT molecular complexity index is 1250. The lowest BCUT2D eigenvalue weighted by Crippen LogP contribution is -2.41. The van der Waals surface area contributed by atoms with E-state index < -0.39 is 0 Å². The van der Waals surface area contributed by atoms with Crippen LogP contribution in [0.4, 0.5) is 0 Å². The molecule has 1 aliphatic heterocycles. The van der Waals surface area contributed by atoms with Crippen LogP contribution in [0.2, 0.25) is 0 Å². The van der Waals surface area contributed by atoms with Gasteiger partial charge in [0.25, 0.3) is 5.56 Å². The normalized spacial score (nSPS) is 14.2. The van der Waals surface area contributed by atoms with Crippen molar-refractivity contribution in [3.63, 3.8) is 0 Å². The second-order valence-electron chi connectivity index (χ2n) is 8.17. The van der Waals surface area contributed by atoms with Gasteiger partial charge >= 0.3 is 5.97 Å². The molecule has 1 aromatic heterocycles. The number of thioether (sulfide) groups is 1. The second-order valence-corrected chi connectivity index (χ2v) is 9.12. The third-order valence-electron chi connectivity index (χ3n) is 5.94. The van der Waals surface area contributed by atoms with Crippen molar-refractivity contribution in [3.05, 3.63) is 58.9 Å². The summed E-state index contributed by atoms with van der Waals surface area (Å²) in [5.41, 5.74) is 1.05. The third kappa shape index (κ3) is 5.67. The minimum atomic E-state index is -0.190. The number of hydrogen-bond acceptors (Lipinski definition) is 7. The Morgan fingerprint density at radius 3 is 2.43 bits per heavy atom. The van der Waals surface area contributed by atoms with Crippen molar-refractivity contribution in [2.24, 2.45) is 5.92 Å². The molecule has 4 rings (SSSR count). The van der Waals surface area contributed by atoms with E-state index in [2.05, 4.69) is 0 Å². The lowest BCUT2D eigenvalue weighted by Gasteiger charge is -2.30. The van der Waals surface area contributed by atoms with Gasteiger partial charge in [0.2, 0.25) is 5.91 Å². The Kier molecular flexibility index (Phi) is 8.07. The molecule has 0 N–H and O–H groups in total. The highest BCUT2D eigenvalue weighted by molar-refractivity contribution is 7.99. The summed E-state index contributed by atoms with van der Waals surface area (Å²) in [6, 6.07) is 14.5. The Morgan fingerprint density at radius 1 is 1.03 bits per heavy atom. The van der Waals surface area contributed by atoms with Gasteiger partial charge in [-0.15, -0.1) is 0 Å².